The molecule has 0 saturated carbocycles. The van der Waals surface area contributed by atoms with Crippen molar-refractivity contribution in [1.29, 1.82) is 0 Å². The molecule has 0 aromatic heterocycles. The van der Waals surface area contributed by atoms with E-state index in [1.165, 1.54) is 0 Å². The predicted molar refractivity (Wildman–Crippen MR) is 71.1 cm³/mol. The van der Waals surface area contributed by atoms with Crippen LogP contribution >= 0.6 is 27.5 Å². The first kappa shape index (κ1) is 13.6. The first-order chi connectivity index (χ1) is 7.74. The summed E-state index contributed by atoms with van der Waals surface area (Å²) < 4.78 is 6.52. The molecule has 2 nitrogen and oxygen atoms in total. The van der Waals surface area contributed by atoms with Gasteiger partial charge >= 0.3 is 0 Å². The molecular formula is C12H16BrClNO+. The van der Waals surface area contributed by atoms with Crippen molar-refractivity contribution in [1.82, 2.24) is 0 Å². The summed E-state index contributed by atoms with van der Waals surface area (Å²) in [6.45, 7) is 6.40. The third-order valence-electron chi connectivity index (χ3n) is 2.04. The molecule has 0 aliphatic heterocycles. The van der Waals surface area contributed by atoms with Crippen LogP contribution in [-0.2, 0) is 0 Å². The minimum absolute atomic E-state index is 0.707. The van der Waals surface area contributed by atoms with Gasteiger partial charge in [0, 0.05) is 11.4 Å². The van der Waals surface area contributed by atoms with Gasteiger partial charge in [-0.25, -0.2) is 0 Å². The number of rotatable bonds is 7. The fraction of sp³-hybridized carbons (Fsp3) is 0.333. The highest BCUT2D eigenvalue weighted by molar-refractivity contribution is 9.10. The van der Waals surface area contributed by atoms with Crippen molar-refractivity contribution in [3.05, 3.63) is 40.3 Å². The maximum absolute atomic E-state index is 5.84. The number of benzene rings is 1. The second-order valence-electron chi connectivity index (χ2n) is 3.38. The van der Waals surface area contributed by atoms with Gasteiger partial charge in [-0.15, -0.1) is 0 Å². The van der Waals surface area contributed by atoms with E-state index in [2.05, 4.69) is 27.8 Å². The van der Waals surface area contributed by atoms with Crippen LogP contribution in [0, 0.1) is 0 Å². The first-order valence-electron chi connectivity index (χ1n) is 5.24. The van der Waals surface area contributed by atoms with E-state index in [0.717, 1.165) is 29.7 Å². The monoisotopic (exact) mass is 304 g/mol. The predicted octanol–water partition coefficient (Wildman–Crippen LogP) is 2.62. The fourth-order valence-corrected chi connectivity index (χ4v) is 2.03. The molecule has 1 aromatic carbocycles. The van der Waals surface area contributed by atoms with Crippen molar-refractivity contribution >= 4 is 27.5 Å². The van der Waals surface area contributed by atoms with Crippen LogP contribution < -0.4 is 10.1 Å². The van der Waals surface area contributed by atoms with Gasteiger partial charge in [-0.05, 0) is 40.2 Å². The minimum atomic E-state index is 0.707. The second kappa shape index (κ2) is 7.71. The molecule has 0 aliphatic rings. The molecule has 0 aliphatic carbocycles. The highest BCUT2D eigenvalue weighted by atomic mass is 79.9. The Hall–Kier alpha value is -0.510. The van der Waals surface area contributed by atoms with E-state index in [-0.39, 0.29) is 0 Å². The third kappa shape index (κ3) is 5.01. The van der Waals surface area contributed by atoms with Gasteiger partial charge in [0.1, 0.15) is 5.75 Å². The lowest BCUT2D eigenvalue weighted by Crippen LogP contribution is -2.84. The maximum Gasteiger partial charge on any atom is 0.133 e. The van der Waals surface area contributed by atoms with Gasteiger partial charge in [0.2, 0.25) is 0 Å². The van der Waals surface area contributed by atoms with Crippen LogP contribution in [-0.4, -0.2) is 19.7 Å². The Morgan fingerprint density at radius 2 is 2.31 bits per heavy atom. The van der Waals surface area contributed by atoms with Gasteiger partial charge < -0.3 is 10.1 Å². The highest BCUT2D eigenvalue weighted by Crippen LogP contribution is 2.27. The smallest absolute Gasteiger partial charge is 0.133 e. The van der Waals surface area contributed by atoms with Gasteiger partial charge in [0.25, 0.3) is 0 Å². The van der Waals surface area contributed by atoms with E-state index in [0.29, 0.717) is 11.6 Å². The molecule has 0 heterocycles. The van der Waals surface area contributed by atoms with Crippen LogP contribution in [0.2, 0.25) is 5.02 Å². The summed E-state index contributed by atoms with van der Waals surface area (Å²) >= 11 is 9.25. The lowest BCUT2D eigenvalue weighted by atomic mass is 10.3. The average molecular weight is 306 g/mol. The van der Waals surface area contributed by atoms with E-state index < -0.39 is 0 Å². The standard InChI is InChI=1S/C12H15BrClNO/c1-2-6-15-7-3-8-16-12-5-4-10(14)9-11(12)13/h2,4-5,9,15H,1,3,6-8H2/p+1. The molecule has 0 atom stereocenters. The largest absolute Gasteiger partial charge is 0.492 e. The molecule has 16 heavy (non-hydrogen) atoms. The molecule has 88 valence electrons. The molecular weight excluding hydrogens is 289 g/mol. The Kier molecular flexibility index (Phi) is 6.53. The zero-order valence-corrected chi connectivity index (χ0v) is 11.4. The Morgan fingerprint density at radius 3 is 3.00 bits per heavy atom. The zero-order valence-electron chi connectivity index (χ0n) is 9.09. The van der Waals surface area contributed by atoms with Crippen molar-refractivity contribution in [2.45, 2.75) is 6.42 Å². The van der Waals surface area contributed by atoms with E-state index >= 15 is 0 Å². The zero-order chi connectivity index (χ0) is 11.8. The Labute approximate surface area is 110 Å². The van der Waals surface area contributed by atoms with Crippen LogP contribution in [0.3, 0.4) is 0 Å². The molecule has 1 rings (SSSR count). The van der Waals surface area contributed by atoms with Gasteiger partial charge in [-0.1, -0.05) is 18.2 Å². The number of nitrogens with two attached hydrogens (primary N) is 1. The normalized spacial score (nSPS) is 10.1. The molecule has 0 amide bonds. The van der Waals surface area contributed by atoms with E-state index in [9.17, 15) is 0 Å². The van der Waals surface area contributed by atoms with Crippen molar-refractivity contribution in [3.63, 3.8) is 0 Å². The van der Waals surface area contributed by atoms with Crippen LogP contribution in [0.1, 0.15) is 6.42 Å². The number of quaternary nitrogens is 1. The fourth-order valence-electron chi connectivity index (χ4n) is 1.24. The number of halogens is 2. The first-order valence-corrected chi connectivity index (χ1v) is 6.41. The highest BCUT2D eigenvalue weighted by Gasteiger charge is 2.01. The molecule has 0 unspecified atom stereocenters. The molecule has 2 N–H and O–H groups in total. The summed E-state index contributed by atoms with van der Waals surface area (Å²) in [5, 5.41) is 2.91. The molecule has 1 aromatic rings. The molecule has 4 heteroatoms. The lowest BCUT2D eigenvalue weighted by molar-refractivity contribution is -0.646. The van der Waals surface area contributed by atoms with Gasteiger partial charge in [-0.2, -0.15) is 0 Å². The van der Waals surface area contributed by atoms with Crippen LogP contribution in [0.5, 0.6) is 5.75 Å². The number of hydrogen-bond donors (Lipinski definition) is 1. The summed E-state index contributed by atoms with van der Waals surface area (Å²) in [6, 6.07) is 5.53. The maximum atomic E-state index is 5.84. The summed E-state index contributed by atoms with van der Waals surface area (Å²) in [4.78, 5) is 0. The van der Waals surface area contributed by atoms with Crippen LogP contribution in [0.4, 0.5) is 0 Å². The van der Waals surface area contributed by atoms with Gasteiger partial charge in [0.15, 0.2) is 0 Å². The second-order valence-corrected chi connectivity index (χ2v) is 4.67. The average Bonchev–Trinajstić information content (AvgIpc) is 2.26. The molecule has 0 bridgehead atoms. The SMILES string of the molecule is C=CC[NH2+]CCCOc1ccc(Cl)cc1Br. The van der Waals surface area contributed by atoms with E-state index in [1.54, 1.807) is 0 Å². The molecule has 0 radical (unpaired) electrons. The number of ether oxygens (including phenoxy) is 1. The summed E-state index contributed by atoms with van der Waals surface area (Å²) in [7, 11) is 0. The Balaban J connectivity index is 2.24. The van der Waals surface area contributed by atoms with E-state index in [1.807, 2.05) is 24.3 Å². The van der Waals surface area contributed by atoms with Crippen molar-refractivity contribution in [3.8, 4) is 5.75 Å². The van der Waals surface area contributed by atoms with E-state index in [4.69, 9.17) is 16.3 Å². The quantitative estimate of drug-likeness (QED) is 0.608. The summed E-state index contributed by atoms with van der Waals surface area (Å²) in [5.74, 6) is 0.841. The van der Waals surface area contributed by atoms with Crippen LogP contribution in [0.25, 0.3) is 0 Å². The summed E-state index contributed by atoms with van der Waals surface area (Å²) in [5.41, 5.74) is 0. The van der Waals surface area contributed by atoms with Gasteiger partial charge in [0.05, 0.1) is 24.2 Å². The van der Waals surface area contributed by atoms with Gasteiger partial charge in [-0.3, -0.25) is 0 Å². The van der Waals surface area contributed by atoms with Crippen molar-refractivity contribution in [2.24, 2.45) is 0 Å². The molecule has 0 saturated heterocycles. The van der Waals surface area contributed by atoms with Crippen molar-refractivity contribution in [2.75, 3.05) is 19.7 Å². The minimum Gasteiger partial charge on any atom is -0.492 e. The number of hydrogen-bond acceptors (Lipinski definition) is 1. The van der Waals surface area contributed by atoms with Crippen LogP contribution in [0.15, 0.2) is 35.3 Å². The summed E-state index contributed by atoms with van der Waals surface area (Å²) in [6.07, 6.45) is 2.92. The Morgan fingerprint density at radius 1 is 1.50 bits per heavy atom. The lowest BCUT2D eigenvalue weighted by Gasteiger charge is -2.07. The molecule has 0 spiro atoms. The topological polar surface area (TPSA) is 25.8 Å². The Bertz CT molecular complexity index is 344. The third-order valence-corrected chi connectivity index (χ3v) is 2.89. The van der Waals surface area contributed by atoms with Crippen molar-refractivity contribution < 1.29 is 10.1 Å². The molecule has 0 fully saturated rings.